The van der Waals surface area contributed by atoms with Gasteiger partial charge in [0.05, 0.1) is 0 Å². The smallest absolute Gasteiger partial charge is 0.191 e. The molecule has 0 spiro atoms. The van der Waals surface area contributed by atoms with E-state index in [1.165, 1.54) is 12.0 Å². The molecule has 0 bridgehead atoms. The normalized spacial score (nSPS) is 29.4. The van der Waals surface area contributed by atoms with Crippen LogP contribution in [0.2, 0.25) is 0 Å². The number of nitrogens with zero attached hydrogens (tertiary/aromatic N) is 1. The Hall–Kier alpha value is -0.630. The van der Waals surface area contributed by atoms with Crippen LogP contribution in [-0.4, -0.2) is 40.8 Å². The zero-order valence-electron chi connectivity index (χ0n) is 15.8. The van der Waals surface area contributed by atoms with Crippen LogP contribution in [0.25, 0.3) is 0 Å². The molecule has 2 aliphatic rings. The van der Waals surface area contributed by atoms with E-state index in [2.05, 4.69) is 46.0 Å². The van der Waals surface area contributed by atoms with Crippen LogP contribution in [-0.2, 0) is 10.8 Å². The molecule has 0 aliphatic heterocycles. The molecule has 6 heteroatoms. The number of guanidine groups is 1. The summed E-state index contributed by atoms with van der Waals surface area (Å²) in [5.74, 6) is 3.06. The Labute approximate surface area is 177 Å². The SMILES string of the molecule is CCS(=O)C1CCCC(NC(=NC)NCC2CC2c2ccccc2)C1.I. The average molecular weight is 489 g/mol. The van der Waals surface area contributed by atoms with E-state index in [1.54, 1.807) is 0 Å². The van der Waals surface area contributed by atoms with Gasteiger partial charge in [-0.15, -0.1) is 24.0 Å². The van der Waals surface area contributed by atoms with E-state index in [1.807, 2.05) is 14.0 Å². The number of nitrogens with one attached hydrogen (secondary N) is 2. The van der Waals surface area contributed by atoms with Crippen LogP contribution in [0.15, 0.2) is 35.3 Å². The first-order valence-corrected chi connectivity index (χ1v) is 11.0. The van der Waals surface area contributed by atoms with Crippen molar-refractivity contribution in [2.45, 2.75) is 56.2 Å². The molecule has 1 aromatic rings. The highest BCUT2D eigenvalue weighted by molar-refractivity contribution is 14.0. The van der Waals surface area contributed by atoms with Crippen LogP contribution in [0.1, 0.15) is 50.5 Å². The zero-order chi connectivity index (χ0) is 17.6. The standard InChI is InChI=1S/C20H31N3OS.HI/c1-3-25(24)18-11-7-10-17(13-18)23-20(21-2)22-14-16-12-19(16)15-8-5-4-6-9-15;/h4-6,8-9,16-19H,3,7,10-14H2,1-2H3,(H2,21,22,23);1H. The van der Waals surface area contributed by atoms with Crippen molar-refractivity contribution in [1.29, 1.82) is 0 Å². The summed E-state index contributed by atoms with van der Waals surface area (Å²) in [4.78, 5) is 4.39. The maximum Gasteiger partial charge on any atom is 0.191 e. The summed E-state index contributed by atoms with van der Waals surface area (Å²) < 4.78 is 12.1. The van der Waals surface area contributed by atoms with Crippen molar-refractivity contribution in [3.63, 3.8) is 0 Å². The molecule has 0 amide bonds. The molecular formula is C20H32IN3OS. The van der Waals surface area contributed by atoms with E-state index in [4.69, 9.17) is 0 Å². The van der Waals surface area contributed by atoms with E-state index < -0.39 is 10.8 Å². The van der Waals surface area contributed by atoms with Crippen LogP contribution in [0.3, 0.4) is 0 Å². The minimum atomic E-state index is -0.678. The number of halogens is 1. The number of aliphatic imine (C=N–C) groups is 1. The number of hydrogen-bond acceptors (Lipinski definition) is 2. The minimum absolute atomic E-state index is 0. The fraction of sp³-hybridized carbons (Fsp3) is 0.650. The lowest BCUT2D eigenvalue weighted by Crippen LogP contribution is -2.47. The third-order valence-corrected chi connectivity index (χ3v) is 7.27. The first kappa shape index (κ1) is 21.7. The summed E-state index contributed by atoms with van der Waals surface area (Å²) >= 11 is 0. The van der Waals surface area contributed by atoms with E-state index in [0.717, 1.165) is 43.9 Å². The second kappa shape index (κ2) is 10.6. The van der Waals surface area contributed by atoms with Crippen LogP contribution in [0.5, 0.6) is 0 Å². The Kier molecular flexibility index (Phi) is 8.87. The van der Waals surface area contributed by atoms with Crippen LogP contribution in [0.4, 0.5) is 0 Å². The molecule has 2 aliphatic carbocycles. The Morgan fingerprint density at radius 3 is 2.69 bits per heavy atom. The Bertz CT molecular complexity index is 610. The van der Waals surface area contributed by atoms with Gasteiger partial charge in [-0.25, -0.2) is 0 Å². The summed E-state index contributed by atoms with van der Waals surface area (Å²) in [6.07, 6.45) is 5.66. The fourth-order valence-corrected chi connectivity index (χ4v) is 5.30. The molecule has 5 unspecified atom stereocenters. The average Bonchev–Trinajstić information content (AvgIpc) is 3.45. The highest BCUT2D eigenvalue weighted by atomic mass is 127. The third kappa shape index (κ3) is 5.94. The molecule has 0 saturated heterocycles. The largest absolute Gasteiger partial charge is 0.356 e. The van der Waals surface area contributed by atoms with Gasteiger partial charge in [0.15, 0.2) is 5.96 Å². The molecular weight excluding hydrogens is 457 g/mol. The highest BCUT2D eigenvalue weighted by Crippen LogP contribution is 2.46. The lowest BCUT2D eigenvalue weighted by Gasteiger charge is -2.30. The van der Waals surface area contributed by atoms with Gasteiger partial charge in [0.1, 0.15) is 0 Å². The van der Waals surface area contributed by atoms with E-state index in [-0.39, 0.29) is 24.0 Å². The van der Waals surface area contributed by atoms with E-state index in [9.17, 15) is 4.21 Å². The molecule has 5 atom stereocenters. The van der Waals surface area contributed by atoms with Crippen LogP contribution in [0, 0.1) is 5.92 Å². The van der Waals surface area contributed by atoms with Gasteiger partial charge < -0.3 is 10.6 Å². The quantitative estimate of drug-likeness (QED) is 0.365. The lowest BCUT2D eigenvalue weighted by molar-refractivity contribution is 0.413. The third-order valence-electron chi connectivity index (χ3n) is 5.53. The summed E-state index contributed by atoms with van der Waals surface area (Å²) in [6.45, 7) is 2.99. The van der Waals surface area contributed by atoms with Crippen LogP contribution < -0.4 is 10.6 Å². The highest BCUT2D eigenvalue weighted by Gasteiger charge is 2.38. The molecule has 2 saturated carbocycles. The maximum absolute atomic E-state index is 12.1. The summed E-state index contributed by atoms with van der Waals surface area (Å²) in [5, 5.41) is 7.40. The van der Waals surface area contributed by atoms with Crippen molar-refractivity contribution in [3.8, 4) is 0 Å². The summed E-state index contributed by atoms with van der Waals surface area (Å²) in [7, 11) is 1.16. The van der Waals surface area contributed by atoms with Crippen molar-refractivity contribution >= 4 is 40.7 Å². The maximum atomic E-state index is 12.1. The topological polar surface area (TPSA) is 53.5 Å². The molecule has 0 aromatic heterocycles. The van der Waals surface area contributed by atoms with Crippen molar-refractivity contribution < 1.29 is 4.21 Å². The molecule has 2 fully saturated rings. The first-order valence-electron chi connectivity index (χ1n) is 9.60. The summed E-state index contributed by atoms with van der Waals surface area (Å²) in [6, 6.07) is 11.2. The number of rotatable bonds is 6. The Morgan fingerprint density at radius 1 is 1.23 bits per heavy atom. The second-order valence-corrected chi connectivity index (χ2v) is 9.27. The first-order chi connectivity index (χ1) is 12.2. The molecule has 3 rings (SSSR count). The minimum Gasteiger partial charge on any atom is -0.356 e. The predicted octanol–water partition coefficient (Wildman–Crippen LogP) is 3.65. The molecule has 146 valence electrons. The van der Waals surface area contributed by atoms with Gasteiger partial charge in [-0.05, 0) is 43.1 Å². The molecule has 1 aromatic carbocycles. The van der Waals surface area contributed by atoms with Gasteiger partial charge in [0, 0.05) is 41.4 Å². The molecule has 26 heavy (non-hydrogen) atoms. The Balaban J connectivity index is 0.00000243. The van der Waals surface area contributed by atoms with Crippen molar-refractivity contribution in [2.75, 3.05) is 19.3 Å². The molecule has 0 radical (unpaired) electrons. The molecule has 2 N–H and O–H groups in total. The van der Waals surface area contributed by atoms with Crippen molar-refractivity contribution in [1.82, 2.24) is 10.6 Å². The van der Waals surface area contributed by atoms with Gasteiger partial charge in [0.25, 0.3) is 0 Å². The number of hydrogen-bond donors (Lipinski definition) is 2. The number of benzene rings is 1. The van der Waals surface area contributed by atoms with E-state index in [0.29, 0.717) is 23.1 Å². The van der Waals surface area contributed by atoms with Gasteiger partial charge in [-0.2, -0.15) is 0 Å². The van der Waals surface area contributed by atoms with Gasteiger partial charge in [0.2, 0.25) is 0 Å². The molecule has 4 nitrogen and oxygen atoms in total. The lowest BCUT2D eigenvalue weighted by atomic mass is 9.95. The summed E-state index contributed by atoms with van der Waals surface area (Å²) in [5.41, 5.74) is 1.45. The molecule has 0 heterocycles. The van der Waals surface area contributed by atoms with Crippen molar-refractivity contribution in [3.05, 3.63) is 35.9 Å². The van der Waals surface area contributed by atoms with Crippen LogP contribution >= 0.6 is 24.0 Å². The van der Waals surface area contributed by atoms with Gasteiger partial charge >= 0.3 is 0 Å². The van der Waals surface area contributed by atoms with Gasteiger partial charge in [-0.3, -0.25) is 9.20 Å². The predicted molar refractivity (Wildman–Crippen MR) is 122 cm³/mol. The monoisotopic (exact) mass is 489 g/mol. The zero-order valence-corrected chi connectivity index (χ0v) is 19.0. The van der Waals surface area contributed by atoms with E-state index >= 15 is 0 Å². The Morgan fingerprint density at radius 2 is 2.00 bits per heavy atom. The van der Waals surface area contributed by atoms with Crippen molar-refractivity contribution in [2.24, 2.45) is 10.9 Å². The fourth-order valence-electron chi connectivity index (χ4n) is 3.95. The van der Waals surface area contributed by atoms with Gasteiger partial charge in [-0.1, -0.05) is 43.7 Å². The second-order valence-electron chi connectivity index (χ2n) is 7.27.